The van der Waals surface area contributed by atoms with Gasteiger partial charge in [0.15, 0.2) is 5.65 Å². The molecule has 0 radical (unpaired) electrons. The van der Waals surface area contributed by atoms with Gasteiger partial charge in [-0.3, -0.25) is 4.57 Å². The van der Waals surface area contributed by atoms with E-state index in [0.717, 1.165) is 28.2 Å². The number of aromatic nitrogens is 3. The van der Waals surface area contributed by atoms with Crippen molar-refractivity contribution in [3.8, 4) is 5.69 Å². The van der Waals surface area contributed by atoms with Crippen molar-refractivity contribution in [1.29, 1.82) is 0 Å². The molecule has 0 fully saturated rings. The quantitative estimate of drug-likeness (QED) is 0.503. The number of urea groups is 1. The van der Waals surface area contributed by atoms with Crippen LogP contribution in [0.25, 0.3) is 16.9 Å². The molecule has 4 rings (SSSR count). The second-order valence-electron chi connectivity index (χ2n) is 6.64. The number of carbonyl (C=O) groups excluding carboxylic acids is 1. The van der Waals surface area contributed by atoms with E-state index >= 15 is 0 Å². The van der Waals surface area contributed by atoms with Crippen molar-refractivity contribution in [3.63, 3.8) is 0 Å². The van der Waals surface area contributed by atoms with Crippen molar-refractivity contribution in [2.24, 2.45) is 0 Å². The number of benzene rings is 2. The first-order chi connectivity index (χ1) is 14.1. The van der Waals surface area contributed by atoms with Gasteiger partial charge < -0.3 is 10.6 Å². The van der Waals surface area contributed by atoms with Crippen LogP contribution in [-0.2, 0) is 6.42 Å². The molecular formula is C22H20ClN5O. The molecule has 0 aliphatic carbocycles. The first-order valence-corrected chi connectivity index (χ1v) is 9.68. The number of fused-ring (bicyclic) bond motifs is 1. The minimum absolute atomic E-state index is 0.282. The summed E-state index contributed by atoms with van der Waals surface area (Å²) in [6, 6.07) is 18.9. The Hall–Kier alpha value is -3.38. The molecule has 2 N–H and O–H groups in total. The summed E-state index contributed by atoms with van der Waals surface area (Å²) in [4.78, 5) is 21.5. The van der Waals surface area contributed by atoms with Gasteiger partial charge in [0.05, 0.1) is 0 Å². The van der Waals surface area contributed by atoms with Crippen molar-refractivity contribution < 1.29 is 4.79 Å². The number of nitrogens with zero attached hydrogens (tertiary/aromatic N) is 3. The highest BCUT2D eigenvalue weighted by Gasteiger charge is 2.13. The molecule has 0 saturated heterocycles. The van der Waals surface area contributed by atoms with Crippen molar-refractivity contribution >= 4 is 34.5 Å². The Kier molecular flexibility index (Phi) is 5.44. The molecule has 2 aromatic heterocycles. The number of carbonyl (C=O) groups is 1. The van der Waals surface area contributed by atoms with Gasteiger partial charge >= 0.3 is 6.03 Å². The predicted molar refractivity (Wildman–Crippen MR) is 116 cm³/mol. The van der Waals surface area contributed by atoms with Gasteiger partial charge in [0.2, 0.25) is 0 Å². The van der Waals surface area contributed by atoms with Crippen LogP contribution in [0.5, 0.6) is 0 Å². The van der Waals surface area contributed by atoms with Gasteiger partial charge in [-0.1, -0.05) is 35.9 Å². The van der Waals surface area contributed by atoms with Gasteiger partial charge in [0, 0.05) is 35.6 Å². The Morgan fingerprint density at radius 3 is 2.76 bits per heavy atom. The number of aryl methyl sites for hydroxylation is 1. The van der Waals surface area contributed by atoms with Crippen molar-refractivity contribution in [2.45, 2.75) is 13.3 Å². The molecule has 146 valence electrons. The lowest BCUT2D eigenvalue weighted by molar-refractivity contribution is 0.252. The van der Waals surface area contributed by atoms with Crippen LogP contribution in [0.4, 0.5) is 10.5 Å². The van der Waals surface area contributed by atoms with E-state index in [4.69, 9.17) is 16.6 Å². The average Bonchev–Trinajstić information content (AvgIpc) is 3.09. The van der Waals surface area contributed by atoms with Crippen LogP contribution >= 0.6 is 11.6 Å². The molecule has 0 spiro atoms. The number of rotatable bonds is 5. The van der Waals surface area contributed by atoms with Gasteiger partial charge in [0.25, 0.3) is 0 Å². The minimum atomic E-state index is -0.282. The number of nitrogens with one attached hydrogen (secondary N) is 2. The number of anilines is 1. The normalized spacial score (nSPS) is 10.8. The Balaban J connectivity index is 1.49. The van der Waals surface area contributed by atoms with E-state index in [1.807, 2.05) is 60.0 Å². The molecule has 4 aromatic rings. The summed E-state index contributed by atoms with van der Waals surface area (Å²) in [6.45, 7) is 2.35. The summed E-state index contributed by atoms with van der Waals surface area (Å²) in [6.07, 6.45) is 2.32. The lowest BCUT2D eigenvalue weighted by Crippen LogP contribution is -2.31. The highest BCUT2D eigenvalue weighted by atomic mass is 35.5. The monoisotopic (exact) mass is 405 g/mol. The van der Waals surface area contributed by atoms with Gasteiger partial charge in [-0.25, -0.2) is 14.8 Å². The molecule has 2 aromatic carbocycles. The summed E-state index contributed by atoms with van der Waals surface area (Å²) in [5, 5.41) is 6.30. The minimum Gasteiger partial charge on any atom is -0.337 e. The number of halogens is 1. The highest BCUT2D eigenvalue weighted by Crippen LogP contribution is 2.21. The molecule has 0 aliphatic heterocycles. The van der Waals surface area contributed by atoms with Crippen LogP contribution in [0.15, 0.2) is 66.9 Å². The third-order valence-electron chi connectivity index (χ3n) is 4.58. The average molecular weight is 406 g/mol. The molecule has 6 nitrogen and oxygen atoms in total. The largest absolute Gasteiger partial charge is 0.337 e. The van der Waals surface area contributed by atoms with Crippen LogP contribution in [0.3, 0.4) is 0 Å². The second kappa shape index (κ2) is 8.32. The molecule has 2 heterocycles. The number of imidazole rings is 1. The van der Waals surface area contributed by atoms with E-state index in [2.05, 4.69) is 15.6 Å². The standard InChI is InChI=1S/C22H20ClN5O/c1-15-9-10-16(23)14-19(15)27-22(29)25-13-11-20-26-18-8-5-12-24-21(18)28(20)17-6-3-2-4-7-17/h2-10,12,14H,11,13H2,1H3,(H2,25,27,29). The number of amides is 2. The lowest BCUT2D eigenvalue weighted by Gasteiger charge is -2.11. The van der Waals surface area contributed by atoms with Gasteiger partial charge in [-0.05, 0) is 48.9 Å². The zero-order valence-electron chi connectivity index (χ0n) is 15.9. The summed E-state index contributed by atoms with van der Waals surface area (Å²) in [5.41, 5.74) is 4.25. The third kappa shape index (κ3) is 4.22. The summed E-state index contributed by atoms with van der Waals surface area (Å²) < 4.78 is 2.02. The maximum absolute atomic E-state index is 12.3. The molecule has 0 aliphatic rings. The highest BCUT2D eigenvalue weighted by molar-refractivity contribution is 6.31. The smallest absolute Gasteiger partial charge is 0.319 e. The zero-order valence-corrected chi connectivity index (χ0v) is 16.6. The predicted octanol–water partition coefficient (Wildman–Crippen LogP) is 4.75. The second-order valence-corrected chi connectivity index (χ2v) is 7.07. The third-order valence-corrected chi connectivity index (χ3v) is 4.82. The Labute approximate surface area is 173 Å². The molecule has 7 heteroatoms. The van der Waals surface area contributed by atoms with Crippen LogP contribution in [0, 0.1) is 6.92 Å². The number of hydrogen-bond donors (Lipinski definition) is 2. The lowest BCUT2D eigenvalue weighted by atomic mass is 10.2. The Morgan fingerprint density at radius 2 is 1.93 bits per heavy atom. The Morgan fingerprint density at radius 1 is 1.10 bits per heavy atom. The molecule has 29 heavy (non-hydrogen) atoms. The molecule has 0 atom stereocenters. The fraction of sp³-hybridized carbons (Fsp3) is 0.136. The van der Waals surface area contributed by atoms with E-state index in [-0.39, 0.29) is 6.03 Å². The van der Waals surface area contributed by atoms with Crippen LogP contribution in [0.2, 0.25) is 5.02 Å². The summed E-state index contributed by atoms with van der Waals surface area (Å²) >= 11 is 6.01. The van der Waals surface area contributed by atoms with Gasteiger partial charge in [-0.15, -0.1) is 0 Å². The van der Waals surface area contributed by atoms with E-state index in [1.54, 1.807) is 18.3 Å². The molecule has 0 unspecified atom stereocenters. The van der Waals surface area contributed by atoms with Crippen LogP contribution in [-0.4, -0.2) is 27.1 Å². The molecule has 0 bridgehead atoms. The maximum atomic E-state index is 12.3. The van der Waals surface area contributed by atoms with Gasteiger partial charge in [0.1, 0.15) is 11.3 Å². The van der Waals surface area contributed by atoms with Crippen molar-refractivity contribution in [3.05, 3.63) is 83.3 Å². The summed E-state index contributed by atoms with van der Waals surface area (Å²) in [5.74, 6) is 0.837. The first-order valence-electron chi connectivity index (χ1n) is 9.30. The van der Waals surface area contributed by atoms with Crippen molar-refractivity contribution in [1.82, 2.24) is 19.9 Å². The topological polar surface area (TPSA) is 71.8 Å². The van der Waals surface area contributed by atoms with E-state index in [9.17, 15) is 4.79 Å². The van der Waals surface area contributed by atoms with Crippen LogP contribution in [0.1, 0.15) is 11.4 Å². The fourth-order valence-electron chi connectivity index (χ4n) is 3.16. The fourth-order valence-corrected chi connectivity index (χ4v) is 3.33. The number of hydrogen-bond acceptors (Lipinski definition) is 3. The van der Waals surface area contributed by atoms with Crippen molar-refractivity contribution in [2.75, 3.05) is 11.9 Å². The number of para-hydroxylation sites is 1. The molecular weight excluding hydrogens is 386 g/mol. The number of pyridine rings is 1. The van der Waals surface area contributed by atoms with E-state index < -0.39 is 0 Å². The van der Waals surface area contributed by atoms with Gasteiger partial charge in [-0.2, -0.15) is 0 Å². The summed E-state index contributed by atoms with van der Waals surface area (Å²) in [7, 11) is 0. The zero-order chi connectivity index (χ0) is 20.2. The molecule has 0 saturated carbocycles. The maximum Gasteiger partial charge on any atom is 0.319 e. The first kappa shape index (κ1) is 19.0. The van der Waals surface area contributed by atoms with E-state index in [1.165, 1.54) is 0 Å². The Bertz CT molecular complexity index is 1160. The SMILES string of the molecule is Cc1ccc(Cl)cc1NC(=O)NCCc1nc2cccnc2n1-c1ccccc1. The van der Waals surface area contributed by atoms with E-state index in [0.29, 0.717) is 23.7 Å². The molecule has 2 amide bonds. The van der Waals surface area contributed by atoms with Crippen LogP contribution < -0.4 is 10.6 Å².